The van der Waals surface area contributed by atoms with Crippen molar-refractivity contribution in [1.29, 1.82) is 0 Å². The quantitative estimate of drug-likeness (QED) is 0.0288. The lowest BCUT2D eigenvalue weighted by molar-refractivity contribution is -0.319. The van der Waals surface area contributed by atoms with E-state index in [0.29, 0.717) is 12.8 Å². The third-order valence-electron chi connectivity index (χ3n) is 12.9. The van der Waals surface area contributed by atoms with Gasteiger partial charge in [-0.2, -0.15) is 0 Å². The molecule has 8 N–H and O–H groups in total. The summed E-state index contributed by atoms with van der Waals surface area (Å²) in [7, 11) is 0. The Balaban J connectivity index is 2.03. The second kappa shape index (κ2) is 34.0. The van der Waals surface area contributed by atoms with Crippen molar-refractivity contribution < 1.29 is 59.8 Å². The Hall–Kier alpha value is -0.480. The molecule has 2 aliphatic heterocycles. The molecule has 0 spiro atoms. The van der Waals surface area contributed by atoms with Gasteiger partial charge in [0.25, 0.3) is 0 Å². The number of aliphatic hydroxyl groups is 8. The maximum Gasteiger partial charge on any atom is 0.186 e. The van der Waals surface area contributed by atoms with Crippen molar-refractivity contribution in [3.63, 3.8) is 0 Å². The van der Waals surface area contributed by atoms with E-state index in [4.69, 9.17) is 18.9 Å². The van der Waals surface area contributed by atoms with Crippen LogP contribution in [0.2, 0.25) is 0 Å². The predicted molar refractivity (Wildman–Crippen MR) is 232 cm³/mol. The fourth-order valence-electron chi connectivity index (χ4n) is 8.77. The van der Waals surface area contributed by atoms with E-state index < -0.39 is 80.0 Å². The molecular weight excluding hydrogens is 757 g/mol. The third kappa shape index (κ3) is 22.1. The Kier molecular flexibility index (Phi) is 31.5. The summed E-state index contributed by atoms with van der Waals surface area (Å²) in [4.78, 5) is 0. The highest BCUT2D eigenvalue weighted by Gasteiger charge is 2.47. The van der Waals surface area contributed by atoms with Crippen LogP contribution in [-0.2, 0) is 18.9 Å². The van der Waals surface area contributed by atoms with Gasteiger partial charge in [0.2, 0.25) is 0 Å². The van der Waals surface area contributed by atoms with Crippen molar-refractivity contribution in [1.82, 2.24) is 0 Å². The number of aliphatic hydroxyl groups excluding tert-OH is 8. The minimum Gasteiger partial charge on any atom is -0.394 e. The average Bonchev–Trinajstić information content (AvgIpc) is 3.24. The topological polar surface area (TPSA) is 199 Å². The lowest BCUT2D eigenvalue weighted by Gasteiger charge is -2.43. The molecule has 0 saturated carbocycles. The smallest absolute Gasteiger partial charge is 0.186 e. The molecule has 0 amide bonds. The van der Waals surface area contributed by atoms with Crippen LogP contribution < -0.4 is 0 Å². The zero-order chi connectivity index (χ0) is 43.1. The van der Waals surface area contributed by atoms with Gasteiger partial charge in [0.1, 0.15) is 48.8 Å². The summed E-state index contributed by atoms with van der Waals surface area (Å²) >= 11 is 0. The summed E-state index contributed by atoms with van der Waals surface area (Å²) in [5.74, 6) is 0. The zero-order valence-corrected chi connectivity index (χ0v) is 37.5. The summed E-state index contributed by atoms with van der Waals surface area (Å²) in [6, 6.07) is 0. The second-order valence-electron chi connectivity index (χ2n) is 18.2. The van der Waals surface area contributed by atoms with Gasteiger partial charge < -0.3 is 59.8 Å². The molecule has 10 atom stereocenters. The fourth-order valence-corrected chi connectivity index (χ4v) is 8.77. The normalized spacial score (nSPS) is 27.8. The fraction of sp³-hybridized carbons (Fsp3) is 1.00. The molecule has 352 valence electrons. The molecule has 2 fully saturated rings. The van der Waals surface area contributed by atoms with Gasteiger partial charge in [0.15, 0.2) is 12.6 Å². The summed E-state index contributed by atoms with van der Waals surface area (Å²) in [5, 5.41) is 82.9. The molecule has 12 nitrogen and oxygen atoms in total. The molecule has 0 aromatic heterocycles. The van der Waals surface area contributed by atoms with Gasteiger partial charge in [-0.25, -0.2) is 0 Å². The van der Waals surface area contributed by atoms with Crippen LogP contribution in [0.5, 0.6) is 0 Å². The van der Waals surface area contributed by atoms with Crippen molar-refractivity contribution in [2.75, 3.05) is 26.4 Å². The van der Waals surface area contributed by atoms with Crippen LogP contribution in [0.15, 0.2) is 0 Å². The molecule has 0 aliphatic carbocycles. The minimum absolute atomic E-state index is 0.0595. The molecule has 0 aromatic rings. The molecule has 0 unspecified atom stereocenters. The molecule has 59 heavy (non-hydrogen) atoms. The molecule has 12 heteroatoms. The van der Waals surface area contributed by atoms with Crippen LogP contribution in [-0.4, -0.2) is 129 Å². The lowest BCUT2D eigenvalue weighted by atomic mass is 9.79. The lowest BCUT2D eigenvalue weighted by Crippen LogP contribution is -2.60. The Morgan fingerprint density at radius 2 is 0.610 bits per heavy atom. The summed E-state index contributed by atoms with van der Waals surface area (Å²) in [6.45, 7) is 3.50. The van der Waals surface area contributed by atoms with Crippen LogP contribution in [0.25, 0.3) is 0 Å². The van der Waals surface area contributed by atoms with E-state index in [1.54, 1.807) is 0 Å². The molecule has 2 rings (SSSR count). The SMILES string of the molecule is CCCCCCCCCCCCCCCCC(CCCCCCCCCCCCCCCC)(CO[C@@H]1O[C@H](CO)[C@H](O)[C@H](O)[C@H]1O)CO[C@@H]1O[C@H](CO)[C@H](O)[C@H](O)[C@H]1O. The van der Waals surface area contributed by atoms with Gasteiger partial charge in [-0.05, 0) is 12.8 Å². The number of rotatable bonds is 38. The van der Waals surface area contributed by atoms with Crippen LogP contribution in [0.1, 0.15) is 206 Å². The van der Waals surface area contributed by atoms with E-state index in [9.17, 15) is 40.9 Å². The van der Waals surface area contributed by atoms with Crippen molar-refractivity contribution in [3.8, 4) is 0 Å². The van der Waals surface area contributed by atoms with Gasteiger partial charge in [-0.3, -0.25) is 0 Å². The largest absolute Gasteiger partial charge is 0.394 e. The van der Waals surface area contributed by atoms with Crippen LogP contribution in [0.4, 0.5) is 0 Å². The standard InChI is InChI=1S/C47H92O12/c1-3-5-7-9-11-13-15-17-19-21-23-25-27-29-31-47(35-56-45-43(54)41(52)39(50)37(33-48)58-45,36-57-46-44(55)42(53)40(51)38(34-49)59-46)32-30-28-26-24-22-20-18-16-14-12-10-8-6-4-2/h37-46,48-55H,3-36H2,1-2H3/t37-,38-,39+,40+,41+,42+,43-,44-,45-,46-/m1/s1. The van der Waals surface area contributed by atoms with E-state index in [0.717, 1.165) is 38.5 Å². The highest BCUT2D eigenvalue weighted by Crippen LogP contribution is 2.36. The third-order valence-corrected chi connectivity index (χ3v) is 12.9. The highest BCUT2D eigenvalue weighted by atomic mass is 16.7. The predicted octanol–water partition coefficient (Wildman–Crippen LogP) is 7.35. The molecule has 0 aromatic carbocycles. The summed E-state index contributed by atoms with van der Waals surface area (Å²) < 4.78 is 23.9. The first kappa shape index (κ1) is 54.7. The van der Waals surface area contributed by atoms with E-state index in [1.807, 2.05) is 0 Å². The minimum atomic E-state index is -1.57. The first-order valence-electron chi connectivity index (χ1n) is 24.5. The Labute approximate surface area is 358 Å². The first-order valence-corrected chi connectivity index (χ1v) is 24.5. The maximum absolute atomic E-state index is 10.8. The van der Waals surface area contributed by atoms with Gasteiger partial charge >= 0.3 is 0 Å². The van der Waals surface area contributed by atoms with E-state index in [-0.39, 0.29) is 13.2 Å². The molecule has 2 aliphatic rings. The monoisotopic (exact) mass is 849 g/mol. The van der Waals surface area contributed by atoms with E-state index in [2.05, 4.69) is 13.8 Å². The van der Waals surface area contributed by atoms with Gasteiger partial charge in [-0.15, -0.1) is 0 Å². The van der Waals surface area contributed by atoms with Crippen LogP contribution >= 0.6 is 0 Å². The highest BCUT2D eigenvalue weighted by molar-refractivity contribution is 4.91. The van der Waals surface area contributed by atoms with Crippen molar-refractivity contribution in [3.05, 3.63) is 0 Å². The second-order valence-corrected chi connectivity index (χ2v) is 18.2. The summed E-state index contributed by atoms with van der Waals surface area (Å²) in [6.07, 6.45) is 21.9. The Bertz CT molecular complexity index is 882. The zero-order valence-electron chi connectivity index (χ0n) is 37.5. The molecule has 2 saturated heterocycles. The molecule has 0 bridgehead atoms. The average molecular weight is 849 g/mol. The number of ether oxygens (including phenoxy) is 4. The Morgan fingerprint density at radius 1 is 0.356 bits per heavy atom. The summed E-state index contributed by atoms with van der Waals surface area (Å²) in [5.41, 5.74) is -0.647. The van der Waals surface area contributed by atoms with Crippen LogP contribution in [0, 0.1) is 5.41 Å². The number of hydrogen-bond donors (Lipinski definition) is 8. The van der Waals surface area contributed by atoms with Crippen LogP contribution in [0.3, 0.4) is 0 Å². The van der Waals surface area contributed by atoms with Gasteiger partial charge in [0, 0.05) is 5.41 Å². The maximum atomic E-state index is 10.8. The van der Waals surface area contributed by atoms with Crippen molar-refractivity contribution in [2.45, 2.75) is 268 Å². The Morgan fingerprint density at radius 3 is 0.864 bits per heavy atom. The first-order chi connectivity index (χ1) is 28.6. The van der Waals surface area contributed by atoms with Crippen molar-refractivity contribution in [2.24, 2.45) is 5.41 Å². The van der Waals surface area contributed by atoms with Gasteiger partial charge in [0.05, 0.1) is 26.4 Å². The van der Waals surface area contributed by atoms with E-state index >= 15 is 0 Å². The van der Waals surface area contributed by atoms with Gasteiger partial charge in [-0.1, -0.05) is 194 Å². The van der Waals surface area contributed by atoms with Crippen molar-refractivity contribution >= 4 is 0 Å². The number of unbranched alkanes of at least 4 members (excludes halogenated alkanes) is 26. The molecular formula is C47H92O12. The molecule has 2 heterocycles. The number of hydrogen-bond acceptors (Lipinski definition) is 12. The van der Waals surface area contributed by atoms with E-state index in [1.165, 1.54) is 141 Å². The molecule has 0 radical (unpaired) electrons.